The molecule has 0 aliphatic carbocycles. The Hall–Kier alpha value is -2.80. The number of aryl methyl sites for hydroxylation is 1. The molecule has 0 aliphatic rings. The van der Waals surface area contributed by atoms with Crippen molar-refractivity contribution in [1.29, 1.82) is 0 Å². The Kier molecular flexibility index (Phi) is 4.50. The van der Waals surface area contributed by atoms with E-state index in [0.29, 0.717) is 28.5 Å². The summed E-state index contributed by atoms with van der Waals surface area (Å²) in [6, 6.07) is 9.09. The molecule has 25 heavy (non-hydrogen) atoms. The quantitative estimate of drug-likeness (QED) is 0.742. The Bertz CT molecular complexity index is 949. The second-order valence-electron chi connectivity index (χ2n) is 5.26. The fourth-order valence-electron chi connectivity index (χ4n) is 2.33. The maximum absolute atomic E-state index is 13.8. The van der Waals surface area contributed by atoms with Gasteiger partial charge in [0, 0.05) is 23.2 Å². The van der Waals surface area contributed by atoms with Gasteiger partial charge >= 0.3 is 0 Å². The molecule has 0 saturated carbocycles. The van der Waals surface area contributed by atoms with Gasteiger partial charge in [0.1, 0.15) is 28.8 Å². The molecule has 1 heterocycles. The van der Waals surface area contributed by atoms with E-state index in [1.165, 1.54) is 10.7 Å². The lowest BCUT2D eigenvalue weighted by atomic mass is 10.2. The highest BCUT2D eigenvalue weighted by atomic mass is 35.5. The van der Waals surface area contributed by atoms with E-state index in [0.717, 1.165) is 0 Å². The van der Waals surface area contributed by atoms with Gasteiger partial charge in [0.05, 0.1) is 11.4 Å². The number of hydrogen-bond acceptors (Lipinski definition) is 2. The number of benzene rings is 2. The predicted molar refractivity (Wildman–Crippen MR) is 87.6 cm³/mol. The number of carbonyl (C=O) groups is 1. The van der Waals surface area contributed by atoms with E-state index in [2.05, 4.69) is 10.4 Å². The molecule has 1 amide bonds. The van der Waals surface area contributed by atoms with Crippen LogP contribution in [0, 0.1) is 24.4 Å². The van der Waals surface area contributed by atoms with Crippen LogP contribution >= 0.6 is 11.6 Å². The molecule has 0 saturated heterocycles. The third kappa shape index (κ3) is 3.51. The maximum Gasteiger partial charge on any atom is 0.262 e. The maximum atomic E-state index is 13.8. The summed E-state index contributed by atoms with van der Waals surface area (Å²) in [4.78, 5) is 12.2. The minimum atomic E-state index is -1.29. The second kappa shape index (κ2) is 6.60. The molecular formula is C17H11ClF3N3O. The van der Waals surface area contributed by atoms with Crippen molar-refractivity contribution in [3.05, 3.63) is 76.2 Å². The SMILES string of the molecule is Cc1cc(NC(=O)c2c(F)cc(F)cc2F)n(-c2cccc(Cl)c2)n1. The van der Waals surface area contributed by atoms with E-state index in [1.807, 2.05) is 0 Å². The average molecular weight is 366 g/mol. The number of nitrogens with zero attached hydrogens (tertiary/aromatic N) is 2. The molecule has 0 unspecified atom stereocenters. The largest absolute Gasteiger partial charge is 0.306 e. The van der Waals surface area contributed by atoms with Gasteiger partial charge in [-0.2, -0.15) is 5.10 Å². The molecule has 1 aromatic heterocycles. The number of rotatable bonds is 3. The smallest absolute Gasteiger partial charge is 0.262 e. The van der Waals surface area contributed by atoms with Crippen molar-refractivity contribution in [3.8, 4) is 5.69 Å². The molecule has 3 aromatic rings. The number of aromatic nitrogens is 2. The van der Waals surface area contributed by atoms with Crippen molar-refractivity contribution in [2.24, 2.45) is 0 Å². The zero-order valence-corrected chi connectivity index (χ0v) is 13.6. The van der Waals surface area contributed by atoms with Gasteiger partial charge in [-0.1, -0.05) is 17.7 Å². The fourth-order valence-corrected chi connectivity index (χ4v) is 2.52. The number of carbonyl (C=O) groups excluding carboxylic acids is 1. The van der Waals surface area contributed by atoms with E-state index in [-0.39, 0.29) is 5.82 Å². The lowest BCUT2D eigenvalue weighted by molar-refractivity contribution is 0.101. The summed E-state index contributed by atoms with van der Waals surface area (Å²) in [6.07, 6.45) is 0. The van der Waals surface area contributed by atoms with Gasteiger partial charge in [0.2, 0.25) is 0 Å². The molecule has 0 spiro atoms. The molecule has 0 radical (unpaired) electrons. The van der Waals surface area contributed by atoms with Crippen molar-refractivity contribution in [3.63, 3.8) is 0 Å². The topological polar surface area (TPSA) is 46.9 Å². The van der Waals surface area contributed by atoms with Crippen LogP contribution in [0.4, 0.5) is 19.0 Å². The molecular weight excluding hydrogens is 355 g/mol. The Morgan fingerprint density at radius 3 is 2.44 bits per heavy atom. The fraction of sp³-hybridized carbons (Fsp3) is 0.0588. The van der Waals surface area contributed by atoms with Crippen molar-refractivity contribution in [2.45, 2.75) is 6.92 Å². The van der Waals surface area contributed by atoms with Crippen molar-refractivity contribution >= 4 is 23.3 Å². The van der Waals surface area contributed by atoms with Crippen LogP contribution in [0.3, 0.4) is 0 Å². The van der Waals surface area contributed by atoms with Crippen molar-refractivity contribution in [2.75, 3.05) is 5.32 Å². The van der Waals surface area contributed by atoms with Gasteiger partial charge < -0.3 is 5.32 Å². The standard InChI is InChI=1S/C17H11ClF3N3O/c1-9-5-15(24(23-9)12-4-2-3-10(18)6-12)22-17(25)16-13(20)7-11(19)8-14(16)21/h2-8H,1H3,(H,22,25). The first-order valence-corrected chi connectivity index (χ1v) is 7.51. The Morgan fingerprint density at radius 2 is 1.80 bits per heavy atom. The van der Waals surface area contributed by atoms with Gasteiger partial charge in [0.25, 0.3) is 5.91 Å². The zero-order valence-electron chi connectivity index (χ0n) is 12.9. The zero-order chi connectivity index (χ0) is 18.1. The van der Waals surface area contributed by atoms with Crippen LogP contribution in [0.15, 0.2) is 42.5 Å². The number of nitrogens with one attached hydrogen (secondary N) is 1. The second-order valence-corrected chi connectivity index (χ2v) is 5.70. The molecule has 128 valence electrons. The van der Waals surface area contributed by atoms with Crippen LogP contribution in [-0.2, 0) is 0 Å². The number of anilines is 1. The van der Waals surface area contributed by atoms with Crippen LogP contribution in [0.2, 0.25) is 5.02 Å². The summed E-state index contributed by atoms with van der Waals surface area (Å²) in [7, 11) is 0. The van der Waals surface area contributed by atoms with E-state index in [4.69, 9.17) is 11.6 Å². The molecule has 0 fully saturated rings. The summed E-state index contributed by atoms with van der Waals surface area (Å²) in [5, 5.41) is 7.06. The van der Waals surface area contributed by atoms with Crippen LogP contribution in [0.5, 0.6) is 0 Å². The first-order valence-electron chi connectivity index (χ1n) is 7.13. The first kappa shape index (κ1) is 17.0. The van der Waals surface area contributed by atoms with Gasteiger partial charge in [-0.05, 0) is 25.1 Å². The molecule has 0 bridgehead atoms. The lowest BCUT2D eigenvalue weighted by Crippen LogP contribution is -2.18. The molecule has 8 heteroatoms. The van der Waals surface area contributed by atoms with E-state index in [9.17, 15) is 18.0 Å². The summed E-state index contributed by atoms with van der Waals surface area (Å²) in [5.74, 6) is -4.56. The highest BCUT2D eigenvalue weighted by molar-refractivity contribution is 6.30. The summed E-state index contributed by atoms with van der Waals surface area (Å²) < 4.78 is 41.9. The lowest BCUT2D eigenvalue weighted by Gasteiger charge is -2.10. The first-order chi connectivity index (χ1) is 11.8. The Morgan fingerprint density at radius 1 is 1.12 bits per heavy atom. The summed E-state index contributed by atoms with van der Waals surface area (Å²) in [5.41, 5.74) is 0.240. The van der Waals surface area contributed by atoms with Crippen molar-refractivity contribution < 1.29 is 18.0 Å². The average Bonchev–Trinajstić information content (AvgIpc) is 2.86. The molecule has 3 rings (SSSR count). The number of amides is 1. The summed E-state index contributed by atoms with van der Waals surface area (Å²) in [6.45, 7) is 1.69. The highest BCUT2D eigenvalue weighted by Gasteiger charge is 2.21. The third-order valence-corrected chi connectivity index (χ3v) is 3.59. The molecule has 1 N–H and O–H groups in total. The van der Waals surface area contributed by atoms with Crippen LogP contribution in [0.25, 0.3) is 5.69 Å². The Balaban J connectivity index is 1.98. The van der Waals surface area contributed by atoms with Crippen LogP contribution in [-0.4, -0.2) is 15.7 Å². The Labute approximate surface area is 145 Å². The molecule has 4 nitrogen and oxygen atoms in total. The van der Waals surface area contributed by atoms with Gasteiger partial charge in [-0.15, -0.1) is 0 Å². The minimum Gasteiger partial charge on any atom is -0.306 e. The third-order valence-electron chi connectivity index (χ3n) is 3.36. The normalized spacial score (nSPS) is 10.8. The van der Waals surface area contributed by atoms with E-state index < -0.39 is 28.9 Å². The monoisotopic (exact) mass is 365 g/mol. The van der Waals surface area contributed by atoms with Crippen molar-refractivity contribution in [1.82, 2.24) is 9.78 Å². The number of hydrogen-bond donors (Lipinski definition) is 1. The summed E-state index contributed by atoms with van der Waals surface area (Å²) >= 11 is 5.95. The van der Waals surface area contributed by atoms with Crippen LogP contribution < -0.4 is 5.32 Å². The highest BCUT2D eigenvalue weighted by Crippen LogP contribution is 2.22. The van der Waals surface area contributed by atoms with Gasteiger partial charge in [-0.3, -0.25) is 4.79 Å². The van der Waals surface area contributed by atoms with E-state index >= 15 is 0 Å². The molecule has 2 aromatic carbocycles. The number of halogens is 4. The molecule has 0 atom stereocenters. The molecule has 0 aliphatic heterocycles. The van der Waals surface area contributed by atoms with Gasteiger partial charge in [0.15, 0.2) is 0 Å². The van der Waals surface area contributed by atoms with Gasteiger partial charge in [-0.25, -0.2) is 17.9 Å². The van der Waals surface area contributed by atoms with E-state index in [1.54, 1.807) is 31.2 Å². The minimum absolute atomic E-state index is 0.188. The predicted octanol–water partition coefficient (Wildman–Crippen LogP) is 4.50. The van der Waals surface area contributed by atoms with Crippen LogP contribution in [0.1, 0.15) is 16.1 Å².